The lowest BCUT2D eigenvalue weighted by Crippen LogP contribution is -2.47. The van der Waals surface area contributed by atoms with Crippen LogP contribution in [-0.4, -0.2) is 48.2 Å². The number of halogens is 1. The number of rotatable bonds is 5. The molecule has 0 spiro atoms. The van der Waals surface area contributed by atoms with Crippen LogP contribution in [0.1, 0.15) is 12.6 Å². The molecule has 0 atom stereocenters. The molecule has 0 amide bonds. The van der Waals surface area contributed by atoms with Gasteiger partial charge in [0.05, 0.1) is 7.11 Å². The molecule has 1 aliphatic rings. The molecule has 1 saturated heterocycles. The van der Waals surface area contributed by atoms with E-state index in [1.54, 1.807) is 12.3 Å². The SMILES string of the molecule is CCc1cc(N2CCN(c3ccc(OC)c(F)c3)CC2)nc(-c2ccccn2)n1. The van der Waals surface area contributed by atoms with Gasteiger partial charge < -0.3 is 14.5 Å². The Morgan fingerprint density at radius 2 is 1.79 bits per heavy atom. The first-order valence-electron chi connectivity index (χ1n) is 9.80. The highest BCUT2D eigenvalue weighted by Gasteiger charge is 2.21. The molecule has 0 saturated carbocycles. The maximum Gasteiger partial charge on any atom is 0.180 e. The first-order valence-corrected chi connectivity index (χ1v) is 9.80. The Kier molecular flexibility index (Phi) is 5.55. The number of anilines is 2. The zero-order valence-corrected chi connectivity index (χ0v) is 16.7. The monoisotopic (exact) mass is 393 g/mol. The third kappa shape index (κ3) is 4.13. The molecule has 1 aliphatic heterocycles. The lowest BCUT2D eigenvalue weighted by Gasteiger charge is -2.37. The van der Waals surface area contributed by atoms with Crippen LogP contribution >= 0.6 is 0 Å². The van der Waals surface area contributed by atoms with E-state index in [4.69, 9.17) is 9.72 Å². The van der Waals surface area contributed by atoms with Gasteiger partial charge in [-0.2, -0.15) is 0 Å². The maximum absolute atomic E-state index is 14.1. The van der Waals surface area contributed by atoms with Gasteiger partial charge in [0, 0.05) is 55.9 Å². The standard InChI is InChI=1S/C22H24FN5O/c1-3-16-14-21(26-22(25-16)19-6-4-5-9-24-19)28-12-10-27(11-13-28)17-7-8-20(29-2)18(23)15-17/h4-9,14-15H,3,10-13H2,1-2H3. The molecular weight excluding hydrogens is 369 g/mol. The van der Waals surface area contributed by atoms with Gasteiger partial charge >= 0.3 is 0 Å². The Balaban J connectivity index is 1.52. The first-order chi connectivity index (χ1) is 14.2. The van der Waals surface area contributed by atoms with E-state index in [-0.39, 0.29) is 11.6 Å². The molecule has 29 heavy (non-hydrogen) atoms. The van der Waals surface area contributed by atoms with Crippen molar-refractivity contribution in [3.8, 4) is 17.3 Å². The van der Waals surface area contributed by atoms with Crippen molar-refractivity contribution >= 4 is 11.5 Å². The zero-order chi connectivity index (χ0) is 20.2. The second kappa shape index (κ2) is 8.43. The smallest absolute Gasteiger partial charge is 0.180 e. The lowest BCUT2D eigenvalue weighted by atomic mass is 10.2. The average molecular weight is 393 g/mol. The van der Waals surface area contributed by atoms with Gasteiger partial charge in [-0.05, 0) is 30.7 Å². The van der Waals surface area contributed by atoms with Gasteiger partial charge in [-0.15, -0.1) is 0 Å². The number of benzene rings is 1. The fourth-order valence-corrected chi connectivity index (χ4v) is 3.48. The highest BCUT2D eigenvalue weighted by atomic mass is 19.1. The van der Waals surface area contributed by atoms with Crippen molar-refractivity contribution < 1.29 is 9.13 Å². The van der Waals surface area contributed by atoms with Crippen molar-refractivity contribution in [2.75, 3.05) is 43.1 Å². The van der Waals surface area contributed by atoms with Crippen molar-refractivity contribution in [1.82, 2.24) is 15.0 Å². The second-order valence-corrected chi connectivity index (χ2v) is 6.90. The fraction of sp³-hybridized carbons (Fsp3) is 0.318. The van der Waals surface area contributed by atoms with Crippen molar-refractivity contribution in [3.05, 3.63) is 60.2 Å². The zero-order valence-electron chi connectivity index (χ0n) is 16.7. The first kappa shape index (κ1) is 19.1. The van der Waals surface area contributed by atoms with Crippen LogP contribution in [0.5, 0.6) is 5.75 Å². The van der Waals surface area contributed by atoms with Crippen molar-refractivity contribution in [3.63, 3.8) is 0 Å². The Bertz CT molecular complexity index is 974. The number of hydrogen-bond donors (Lipinski definition) is 0. The predicted octanol–water partition coefficient (Wildman–Crippen LogP) is 3.58. The summed E-state index contributed by atoms with van der Waals surface area (Å²) in [5, 5.41) is 0. The van der Waals surface area contributed by atoms with E-state index in [1.165, 1.54) is 13.2 Å². The summed E-state index contributed by atoms with van der Waals surface area (Å²) in [6, 6.07) is 12.9. The molecule has 2 aromatic heterocycles. The largest absolute Gasteiger partial charge is 0.494 e. The Hall–Kier alpha value is -3.22. The predicted molar refractivity (Wildman–Crippen MR) is 112 cm³/mol. The minimum absolute atomic E-state index is 0.266. The summed E-state index contributed by atoms with van der Waals surface area (Å²) in [6.45, 7) is 5.27. The number of piperazine rings is 1. The molecular formula is C22H24FN5O. The van der Waals surface area contributed by atoms with Crippen molar-refractivity contribution in [2.24, 2.45) is 0 Å². The van der Waals surface area contributed by atoms with Gasteiger partial charge in [-0.25, -0.2) is 14.4 Å². The molecule has 7 heteroatoms. The van der Waals surface area contributed by atoms with Gasteiger partial charge in [0.25, 0.3) is 0 Å². The molecule has 0 bridgehead atoms. The van der Waals surface area contributed by atoms with Crippen LogP contribution in [-0.2, 0) is 6.42 Å². The molecule has 0 N–H and O–H groups in total. The van der Waals surface area contributed by atoms with E-state index in [1.807, 2.05) is 24.3 Å². The molecule has 0 unspecified atom stereocenters. The third-order valence-electron chi connectivity index (χ3n) is 5.13. The topological polar surface area (TPSA) is 54.4 Å². The third-order valence-corrected chi connectivity index (χ3v) is 5.13. The van der Waals surface area contributed by atoms with Crippen LogP contribution in [0.3, 0.4) is 0 Å². The fourth-order valence-electron chi connectivity index (χ4n) is 3.48. The maximum atomic E-state index is 14.1. The van der Waals surface area contributed by atoms with E-state index in [0.717, 1.165) is 55.5 Å². The molecule has 4 rings (SSSR count). The van der Waals surface area contributed by atoms with E-state index in [0.29, 0.717) is 5.82 Å². The van der Waals surface area contributed by atoms with Gasteiger partial charge in [-0.1, -0.05) is 13.0 Å². The summed E-state index contributed by atoms with van der Waals surface area (Å²) in [5.41, 5.74) is 2.64. The quantitative estimate of drug-likeness (QED) is 0.661. The van der Waals surface area contributed by atoms with Crippen LogP contribution in [0.15, 0.2) is 48.7 Å². The molecule has 1 aromatic carbocycles. The summed E-state index contributed by atoms with van der Waals surface area (Å²) in [4.78, 5) is 18.2. The number of nitrogens with zero attached hydrogens (tertiary/aromatic N) is 5. The summed E-state index contributed by atoms with van der Waals surface area (Å²) in [5.74, 6) is 1.50. The van der Waals surface area contributed by atoms with E-state index >= 15 is 0 Å². The summed E-state index contributed by atoms with van der Waals surface area (Å²) >= 11 is 0. The molecule has 0 aliphatic carbocycles. The Labute approximate surface area is 170 Å². The average Bonchev–Trinajstić information content (AvgIpc) is 2.79. The van der Waals surface area contributed by atoms with Gasteiger partial charge in [0.15, 0.2) is 17.4 Å². The highest BCUT2D eigenvalue weighted by molar-refractivity contribution is 5.55. The second-order valence-electron chi connectivity index (χ2n) is 6.90. The van der Waals surface area contributed by atoms with Crippen LogP contribution in [0.25, 0.3) is 11.5 Å². The highest BCUT2D eigenvalue weighted by Crippen LogP contribution is 2.26. The Morgan fingerprint density at radius 3 is 2.45 bits per heavy atom. The van der Waals surface area contributed by atoms with E-state index in [2.05, 4.69) is 32.8 Å². The van der Waals surface area contributed by atoms with Gasteiger partial charge in [0.1, 0.15) is 11.5 Å². The molecule has 6 nitrogen and oxygen atoms in total. The van der Waals surface area contributed by atoms with Crippen LogP contribution in [0.2, 0.25) is 0 Å². The van der Waals surface area contributed by atoms with E-state index < -0.39 is 0 Å². The number of aryl methyl sites for hydroxylation is 1. The molecule has 0 radical (unpaired) electrons. The molecule has 150 valence electrons. The van der Waals surface area contributed by atoms with Crippen molar-refractivity contribution in [1.29, 1.82) is 0 Å². The summed E-state index contributed by atoms with van der Waals surface area (Å²) in [6.07, 6.45) is 2.59. The number of pyridine rings is 1. The summed E-state index contributed by atoms with van der Waals surface area (Å²) in [7, 11) is 1.47. The number of hydrogen-bond acceptors (Lipinski definition) is 6. The van der Waals surface area contributed by atoms with Crippen LogP contribution < -0.4 is 14.5 Å². The number of aromatic nitrogens is 3. The van der Waals surface area contributed by atoms with Gasteiger partial charge in [0.2, 0.25) is 0 Å². The van der Waals surface area contributed by atoms with Crippen LogP contribution in [0.4, 0.5) is 15.9 Å². The summed E-state index contributed by atoms with van der Waals surface area (Å²) < 4.78 is 19.1. The lowest BCUT2D eigenvalue weighted by molar-refractivity contribution is 0.386. The van der Waals surface area contributed by atoms with Crippen LogP contribution in [0, 0.1) is 5.82 Å². The minimum Gasteiger partial charge on any atom is -0.494 e. The van der Waals surface area contributed by atoms with Gasteiger partial charge in [-0.3, -0.25) is 4.98 Å². The number of ether oxygens (including phenoxy) is 1. The molecule has 3 heterocycles. The number of methoxy groups -OCH3 is 1. The Morgan fingerprint density at radius 1 is 1.00 bits per heavy atom. The van der Waals surface area contributed by atoms with Crippen molar-refractivity contribution in [2.45, 2.75) is 13.3 Å². The normalized spacial score (nSPS) is 14.2. The molecule has 3 aromatic rings. The molecule has 1 fully saturated rings. The van der Waals surface area contributed by atoms with E-state index in [9.17, 15) is 4.39 Å². The minimum atomic E-state index is -0.337.